The SMILES string of the molecule is N[C@H](CC(CCc1ccccc1)C(=O)[C@@H](N)Cc1ccc(C(=O)C2CNCCO2)cc1)S(=O)(=O)c1ccccc1. The Balaban J connectivity index is 1.45. The van der Waals surface area contributed by atoms with E-state index in [0.717, 1.165) is 17.7 Å². The van der Waals surface area contributed by atoms with E-state index in [1.807, 2.05) is 30.3 Å². The number of carbonyl (C=O) groups excluding carboxylic acids is 2. The third kappa shape index (κ3) is 7.71. The first-order valence-electron chi connectivity index (χ1n) is 13.6. The zero-order chi connectivity index (χ0) is 28.5. The summed E-state index contributed by atoms with van der Waals surface area (Å²) < 4.78 is 31.8. The number of nitrogens with one attached hydrogen (secondary N) is 1. The van der Waals surface area contributed by atoms with E-state index in [2.05, 4.69) is 5.32 Å². The average Bonchev–Trinajstić information content (AvgIpc) is 3.00. The quantitative estimate of drug-likeness (QED) is 0.270. The summed E-state index contributed by atoms with van der Waals surface area (Å²) in [6.45, 7) is 1.70. The first-order chi connectivity index (χ1) is 19.3. The highest BCUT2D eigenvalue weighted by Gasteiger charge is 2.32. The van der Waals surface area contributed by atoms with E-state index in [-0.39, 0.29) is 29.3 Å². The molecule has 0 saturated carbocycles. The number of ether oxygens (including phenoxy) is 1. The lowest BCUT2D eigenvalue weighted by Gasteiger charge is -2.24. The molecule has 1 heterocycles. The van der Waals surface area contributed by atoms with Gasteiger partial charge >= 0.3 is 0 Å². The Bertz CT molecular complexity index is 1360. The number of hydrogen-bond acceptors (Lipinski definition) is 8. The molecule has 0 spiro atoms. The van der Waals surface area contributed by atoms with Crippen LogP contribution in [-0.4, -0.2) is 57.2 Å². The zero-order valence-corrected chi connectivity index (χ0v) is 23.3. The van der Waals surface area contributed by atoms with Gasteiger partial charge in [-0.1, -0.05) is 72.8 Å². The van der Waals surface area contributed by atoms with Crippen LogP contribution in [0.1, 0.15) is 34.3 Å². The Morgan fingerprint density at radius 2 is 1.55 bits per heavy atom. The fourth-order valence-electron chi connectivity index (χ4n) is 4.94. The Hall–Kier alpha value is -3.21. The van der Waals surface area contributed by atoms with E-state index >= 15 is 0 Å². The number of morpholine rings is 1. The first-order valence-corrected chi connectivity index (χ1v) is 15.1. The number of benzene rings is 3. The molecule has 40 heavy (non-hydrogen) atoms. The van der Waals surface area contributed by atoms with Crippen LogP contribution in [0.5, 0.6) is 0 Å². The van der Waals surface area contributed by atoms with Gasteiger partial charge in [-0.2, -0.15) is 0 Å². The van der Waals surface area contributed by atoms with Crippen molar-refractivity contribution >= 4 is 21.4 Å². The maximum atomic E-state index is 13.6. The molecule has 8 nitrogen and oxygen atoms in total. The summed E-state index contributed by atoms with van der Waals surface area (Å²) in [5.41, 5.74) is 15.0. The van der Waals surface area contributed by atoms with Crippen LogP contribution in [0.3, 0.4) is 0 Å². The summed E-state index contributed by atoms with van der Waals surface area (Å²) in [5.74, 6) is -0.953. The van der Waals surface area contributed by atoms with Gasteiger partial charge in [-0.3, -0.25) is 9.59 Å². The first kappa shape index (κ1) is 29.8. The van der Waals surface area contributed by atoms with E-state index < -0.39 is 33.3 Å². The minimum atomic E-state index is -3.82. The molecule has 1 aliphatic rings. The van der Waals surface area contributed by atoms with Crippen molar-refractivity contribution in [3.8, 4) is 0 Å². The fourth-order valence-corrected chi connectivity index (χ4v) is 6.31. The van der Waals surface area contributed by atoms with Crippen LogP contribution in [0.25, 0.3) is 0 Å². The summed E-state index contributed by atoms with van der Waals surface area (Å²) >= 11 is 0. The molecule has 3 aromatic carbocycles. The predicted octanol–water partition coefficient (Wildman–Crippen LogP) is 2.69. The molecule has 0 amide bonds. The molecular formula is C31H37N3O5S. The lowest BCUT2D eigenvalue weighted by molar-refractivity contribution is -0.124. The van der Waals surface area contributed by atoms with Crippen molar-refractivity contribution in [3.05, 3.63) is 102 Å². The number of aryl methyl sites for hydroxylation is 1. The second kappa shape index (κ2) is 13.9. The van der Waals surface area contributed by atoms with Gasteiger partial charge in [0.1, 0.15) is 11.5 Å². The molecule has 5 N–H and O–H groups in total. The zero-order valence-electron chi connectivity index (χ0n) is 22.4. The van der Waals surface area contributed by atoms with Gasteiger partial charge < -0.3 is 21.5 Å². The Labute approximate surface area is 236 Å². The molecule has 0 bridgehead atoms. The molecule has 9 heteroatoms. The van der Waals surface area contributed by atoms with Crippen molar-refractivity contribution in [1.82, 2.24) is 5.32 Å². The van der Waals surface area contributed by atoms with Gasteiger partial charge in [-0.05, 0) is 48.9 Å². The summed E-state index contributed by atoms with van der Waals surface area (Å²) in [6.07, 6.45) is 0.746. The van der Waals surface area contributed by atoms with Crippen LogP contribution in [-0.2, 0) is 32.2 Å². The minimum Gasteiger partial charge on any atom is -0.367 e. The highest BCUT2D eigenvalue weighted by atomic mass is 32.2. The molecule has 0 aromatic heterocycles. The Morgan fingerprint density at radius 1 is 0.900 bits per heavy atom. The second-order valence-corrected chi connectivity index (χ2v) is 12.4. The number of rotatable bonds is 13. The average molecular weight is 564 g/mol. The molecule has 4 rings (SSSR count). The van der Waals surface area contributed by atoms with Crippen molar-refractivity contribution < 1.29 is 22.7 Å². The lowest BCUT2D eigenvalue weighted by Crippen LogP contribution is -2.43. The third-order valence-corrected chi connectivity index (χ3v) is 9.21. The second-order valence-electron chi connectivity index (χ2n) is 10.2. The molecule has 0 aliphatic carbocycles. The smallest absolute Gasteiger partial charge is 0.194 e. The highest BCUT2D eigenvalue weighted by Crippen LogP contribution is 2.24. The molecule has 1 saturated heterocycles. The molecular weight excluding hydrogens is 526 g/mol. The van der Waals surface area contributed by atoms with Gasteiger partial charge in [0, 0.05) is 24.6 Å². The fraction of sp³-hybridized carbons (Fsp3) is 0.355. The Kier molecular flexibility index (Phi) is 10.4. The number of Topliss-reactive ketones (excluding diaryl/α,β-unsaturated/α-hetero) is 2. The van der Waals surface area contributed by atoms with Crippen molar-refractivity contribution in [2.45, 2.75) is 48.1 Å². The van der Waals surface area contributed by atoms with Crippen molar-refractivity contribution in [2.75, 3.05) is 19.7 Å². The van der Waals surface area contributed by atoms with Gasteiger partial charge in [0.05, 0.1) is 17.5 Å². The van der Waals surface area contributed by atoms with Crippen molar-refractivity contribution in [2.24, 2.45) is 17.4 Å². The molecule has 0 radical (unpaired) electrons. The number of sulfone groups is 1. The van der Waals surface area contributed by atoms with E-state index in [1.165, 1.54) is 12.1 Å². The highest BCUT2D eigenvalue weighted by molar-refractivity contribution is 7.92. The molecule has 1 fully saturated rings. The molecule has 212 valence electrons. The molecule has 2 unspecified atom stereocenters. The van der Waals surface area contributed by atoms with Crippen molar-refractivity contribution in [3.63, 3.8) is 0 Å². The standard InChI is InChI=1S/C31H37N3O5S/c32-27(19-23-12-14-24(15-13-23)31(36)28-21-34-17-18-39-28)30(35)25(16-11-22-7-3-1-4-8-22)20-29(33)40(37,38)26-9-5-2-6-10-26/h1-10,12-15,25,27-29,34H,11,16-21,32-33H2/t25?,27-,28?,29-/m0/s1. The van der Waals surface area contributed by atoms with E-state index in [4.69, 9.17) is 16.2 Å². The minimum absolute atomic E-state index is 0.0283. The maximum absolute atomic E-state index is 13.6. The van der Waals surface area contributed by atoms with Gasteiger partial charge in [-0.25, -0.2) is 8.42 Å². The lowest BCUT2D eigenvalue weighted by atomic mass is 9.87. The topological polar surface area (TPSA) is 142 Å². The Morgan fingerprint density at radius 3 is 2.17 bits per heavy atom. The molecule has 3 aromatic rings. The van der Waals surface area contributed by atoms with Gasteiger partial charge in [0.15, 0.2) is 21.4 Å². The normalized spacial score (nSPS) is 18.0. The van der Waals surface area contributed by atoms with Crippen LogP contribution in [0, 0.1) is 5.92 Å². The van der Waals surface area contributed by atoms with Crippen LogP contribution in [0.4, 0.5) is 0 Å². The number of carbonyl (C=O) groups is 2. The van der Waals surface area contributed by atoms with Gasteiger partial charge in [0.2, 0.25) is 0 Å². The monoisotopic (exact) mass is 563 g/mol. The summed E-state index contributed by atoms with van der Waals surface area (Å²) in [6, 6.07) is 23.9. The summed E-state index contributed by atoms with van der Waals surface area (Å²) in [5, 5.41) is 1.91. The van der Waals surface area contributed by atoms with E-state index in [0.29, 0.717) is 31.6 Å². The third-order valence-electron chi connectivity index (χ3n) is 7.29. The van der Waals surface area contributed by atoms with Crippen LogP contribution in [0.15, 0.2) is 89.8 Å². The number of ketones is 2. The number of nitrogens with two attached hydrogens (primary N) is 2. The van der Waals surface area contributed by atoms with Crippen LogP contribution in [0.2, 0.25) is 0 Å². The van der Waals surface area contributed by atoms with Gasteiger partial charge in [0.25, 0.3) is 0 Å². The van der Waals surface area contributed by atoms with E-state index in [9.17, 15) is 18.0 Å². The maximum Gasteiger partial charge on any atom is 0.194 e. The van der Waals surface area contributed by atoms with Crippen LogP contribution < -0.4 is 16.8 Å². The summed E-state index contributed by atoms with van der Waals surface area (Å²) in [7, 11) is -3.82. The molecule has 1 aliphatic heterocycles. The van der Waals surface area contributed by atoms with E-state index in [1.54, 1.807) is 42.5 Å². The van der Waals surface area contributed by atoms with Gasteiger partial charge in [-0.15, -0.1) is 0 Å². The van der Waals surface area contributed by atoms with Crippen LogP contribution >= 0.6 is 0 Å². The summed E-state index contributed by atoms with van der Waals surface area (Å²) in [4.78, 5) is 26.4. The predicted molar refractivity (Wildman–Crippen MR) is 155 cm³/mol. The van der Waals surface area contributed by atoms with Crippen molar-refractivity contribution in [1.29, 1.82) is 0 Å². The number of hydrogen-bond donors (Lipinski definition) is 3. The molecule has 4 atom stereocenters. The largest absolute Gasteiger partial charge is 0.367 e.